The number of aryl methyl sites for hydroxylation is 1. The van der Waals surface area contributed by atoms with Gasteiger partial charge in [0.2, 0.25) is 5.88 Å². The zero-order valence-corrected chi connectivity index (χ0v) is 9.44. The lowest BCUT2D eigenvalue weighted by atomic mass is 10.3. The smallest absolute Gasteiger partial charge is 0.311 e. The van der Waals surface area contributed by atoms with Crippen LogP contribution in [0.15, 0.2) is 6.07 Å². The summed E-state index contributed by atoms with van der Waals surface area (Å²) in [4.78, 5) is 10.9. The summed E-state index contributed by atoms with van der Waals surface area (Å²) in [5.41, 5.74) is 0.640. The molecule has 1 aromatic heterocycles. The van der Waals surface area contributed by atoms with Crippen LogP contribution in [-0.4, -0.2) is 22.9 Å². The van der Waals surface area contributed by atoms with Crippen molar-refractivity contribution in [3.05, 3.63) is 11.8 Å². The van der Waals surface area contributed by atoms with E-state index in [0.717, 1.165) is 0 Å². The summed E-state index contributed by atoms with van der Waals surface area (Å²) in [7, 11) is 3.09. The average Bonchev–Trinajstić information content (AvgIpc) is 2.46. The van der Waals surface area contributed by atoms with Crippen LogP contribution in [0.3, 0.4) is 0 Å². The van der Waals surface area contributed by atoms with Crippen molar-refractivity contribution < 1.29 is 12.6 Å². The summed E-state index contributed by atoms with van der Waals surface area (Å²) >= 11 is 1.76. The lowest BCUT2D eigenvalue weighted by molar-refractivity contribution is -0.139. The summed E-state index contributed by atoms with van der Waals surface area (Å²) in [5.74, 6) is 0.303. The summed E-state index contributed by atoms with van der Waals surface area (Å²) < 4.78 is 11.0. The van der Waals surface area contributed by atoms with Crippen molar-refractivity contribution in [1.29, 1.82) is 0 Å². The normalized spacial score (nSPS) is 9.77. The van der Waals surface area contributed by atoms with E-state index < -0.39 is 0 Å². The Morgan fingerprint density at radius 1 is 1.77 bits per heavy atom. The molecule has 0 fully saturated rings. The number of hydrogen-bond donors (Lipinski definition) is 0. The van der Waals surface area contributed by atoms with Crippen molar-refractivity contribution >= 4 is 29.0 Å². The maximum atomic E-state index is 10.9. The average molecular weight is 296 g/mol. The maximum Gasteiger partial charge on any atom is 0.311 e. The van der Waals surface area contributed by atoms with Gasteiger partial charge in [-0.15, -0.1) is 0 Å². The molecule has 72 valence electrons. The highest BCUT2D eigenvalue weighted by atomic mass is 127. The summed E-state index contributed by atoms with van der Waals surface area (Å²) in [5, 5.41) is 4.06. The Morgan fingerprint density at radius 3 is 2.92 bits per heavy atom. The highest BCUT2D eigenvalue weighted by molar-refractivity contribution is 14.1. The molecule has 0 aliphatic rings. The zero-order valence-electron chi connectivity index (χ0n) is 7.28. The number of carbonyl (C=O) groups is 1. The summed E-state index contributed by atoms with van der Waals surface area (Å²) in [6, 6.07) is 1.70. The van der Waals surface area contributed by atoms with Crippen LogP contribution in [0.25, 0.3) is 0 Å². The van der Waals surface area contributed by atoms with Crippen molar-refractivity contribution in [1.82, 2.24) is 9.78 Å². The minimum absolute atomic E-state index is 0.171. The van der Waals surface area contributed by atoms with E-state index in [-0.39, 0.29) is 12.4 Å². The van der Waals surface area contributed by atoms with Crippen LogP contribution < -0.4 is 3.07 Å². The molecule has 0 bridgehead atoms. The molecule has 5 nitrogen and oxygen atoms in total. The van der Waals surface area contributed by atoms with Crippen LogP contribution in [0.1, 0.15) is 5.69 Å². The second-order valence-corrected chi connectivity index (χ2v) is 2.87. The third-order valence-electron chi connectivity index (χ3n) is 1.52. The number of nitrogens with zero attached hydrogens (tertiary/aromatic N) is 2. The molecule has 0 aliphatic heterocycles. The first-order chi connectivity index (χ1) is 6.17. The first kappa shape index (κ1) is 10.3. The predicted molar refractivity (Wildman–Crippen MR) is 53.6 cm³/mol. The van der Waals surface area contributed by atoms with E-state index in [4.69, 9.17) is 3.07 Å². The second kappa shape index (κ2) is 4.45. The molecule has 0 radical (unpaired) electrons. The van der Waals surface area contributed by atoms with Crippen LogP contribution in [0.5, 0.6) is 5.88 Å². The predicted octanol–water partition coefficient (Wildman–Crippen LogP) is 0.864. The number of esters is 1. The minimum Gasteiger partial charge on any atom is -0.469 e. The lowest BCUT2D eigenvalue weighted by Crippen LogP contribution is -2.05. The Bertz CT molecular complexity index is 311. The van der Waals surface area contributed by atoms with E-state index in [9.17, 15) is 4.79 Å². The quantitative estimate of drug-likeness (QED) is 0.613. The van der Waals surface area contributed by atoms with Crippen molar-refractivity contribution in [2.24, 2.45) is 7.05 Å². The standard InChI is InChI=1S/C7H9IN2O3/c1-10-6(13-8)3-5(9-10)4-7(11)12-2/h3H,4H2,1-2H3. The molecule has 1 rings (SSSR count). The molecular weight excluding hydrogens is 287 g/mol. The van der Waals surface area contributed by atoms with Gasteiger partial charge in [0.15, 0.2) is 23.0 Å². The van der Waals surface area contributed by atoms with Crippen LogP contribution in [0, 0.1) is 0 Å². The number of hydrogen-bond acceptors (Lipinski definition) is 4. The highest BCUT2D eigenvalue weighted by Gasteiger charge is 2.09. The summed E-state index contributed by atoms with van der Waals surface area (Å²) in [6.45, 7) is 0. The Balaban J connectivity index is 2.73. The fraction of sp³-hybridized carbons (Fsp3) is 0.429. The van der Waals surface area contributed by atoms with E-state index in [1.807, 2.05) is 0 Å². The van der Waals surface area contributed by atoms with E-state index in [2.05, 4.69) is 9.84 Å². The van der Waals surface area contributed by atoms with Gasteiger partial charge in [-0.3, -0.25) is 4.79 Å². The molecule has 1 aromatic rings. The van der Waals surface area contributed by atoms with Gasteiger partial charge in [0.05, 0.1) is 19.2 Å². The molecule has 0 N–H and O–H groups in total. The highest BCUT2D eigenvalue weighted by Crippen LogP contribution is 2.14. The third kappa shape index (κ3) is 2.58. The number of halogens is 1. The molecule has 13 heavy (non-hydrogen) atoms. The molecule has 0 saturated heterocycles. The molecule has 1 heterocycles. The molecule has 0 amide bonds. The van der Waals surface area contributed by atoms with Gasteiger partial charge in [-0.1, -0.05) is 0 Å². The fourth-order valence-corrected chi connectivity index (χ4v) is 1.30. The molecule has 0 spiro atoms. The SMILES string of the molecule is COC(=O)Cc1cc(OI)n(C)n1. The molecule has 6 heteroatoms. The number of methoxy groups -OCH3 is 1. The van der Waals surface area contributed by atoms with Gasteiger partial charge in [0, 0.05) is 13.1 Å². The number of carbonyl (C=O) groups excluding carboxylic acids is 1. The van der Waals surface area contributed by atoms with Crippen LogP contribution in [0.4, 0.5) is 0 Å². The Labute approximate surface area is 89.7 Å². The lowest BCUT2D eigenvalue weighted by Gasteiger charge is -1.93. The van der Waals surface area contributed by atoms with Crippen LogP contribution >= 0.6 is 23.0 Å². The molecule has 0 atom stereocenters. The Kier molecular flexibility index (Phi) is 3.52. The Hall–Kier alpha value is -0.790. The summed E-state index contributed by atoms with van der Waals surface area (Å²) in [6.07, 6.45) is 0.171. The van der Waals surface area contributed by atoms with Crippen molar-refractivity contribution in [2.75, 3.05) is 7.11 Å². The van der Waals surface area contributed by atoms with Crippen LogP contribution in [-0.2, 0) is 23.0 Å². The van der Waals surface area contributed by atoms with Crippen molar-refractivity contribution in [2.45, 2.75) is 6.42 Å². The van der Waals surface area contributed by atoms with Gasteiger partial charge in [-0.05, 0) is 0 Å². The zero-order chi connectivity index (χ0) is 9.84. The number of ether oxygens (including phenoxy) is 1. The third-order valence-corrected chi connectivity index (χ3v) is 1.97. The first-order valence-electron chi connectivity index (χ1n) is 3.55. The monoisotopic (exact) mass is 296 g/mol. The van der Waals surface area contributed by atoms with E-state index >= 15 is 0 Å². The molecule has 0 aliphatic carbocycles. The van der Waals surface area contributed by atoms with Gasteiger partial charge in [-0.2, -0.15) is 5.10 Å². The largest absolute Gasteiger partial charge is 0.469 e. The van der Waals surface area contributed by atoms with Gasteiger partial charge >= 0.3 is 5.97 Å². The van der Waals surface area contributed by atoms with E-state index in [0.29, 0.717) is 11.6 Å². The fourth-order valence-electron chi connectivity index (χ4n) is 0.885. The van der Waals surface area contributed by atoms with Crippen molar-refractivity contribution in [3.63, 3.8) is 0 Å². The minimum atomic E-state index is -0.307. The number of rotatable bonds is 3. The molecule has 0 saturated carbocycles. The topological polar surface area (TPSA) is 53.4 Å². The first-order valence-corrected chi connectivity index (χ1v) is 4.43. The van der Waals surface area contributed by atoms with Crippen LogP contribution in [0.2, 0.25) is 0 Å². The second-order valence-electron chi connectivity index (χ2n) is 2.43. The molecule has 0 aromatic carbocycles. The molecular formula is C7H9IN2O3. The van der Waals surface area contributed by atoms with Gasteiger partial charge in [0.1, 0.15) is 0 Å². The molecule has 0 unspecified atom stereocenters. The van der Waals surface area contributed by atoms with Gasteiger partial charge < -0.3 is 7.80 Å². The van der Waals surface area contributed by atoms with Crippen molar-refractivity contribution in [3.8, 4) is 5.88 Å². The van der Waals surface area contributed by atoms with E-state index in [1.54, 1.807) is 40.8 Å². The van der Waals surface area contributed by atoms with E-state index in [1.165, 1.54) is 7.11 Å². The van der Waals surface area contributed by atoms with Gasteiger partial charge in [-0.25, -0.2) is 4.68 Å². The Morgan fingerprint density at radius 2 is 2.46 bits per heavy atom. The maximum absolute atomic E-state index is 10.9. The van der Waals surface area contributed by atoms with Gasteiger partial charge in [0.25, 0.3) is 0 Å². The number of aromatic nitrogens is 2.